The van der Waals surface area contributed by atoms with Crippen LogP contribution in [0.4, 0.5) is 0 Å². The summed E-state index contributed by atoms with van der Waals surface area (Å²) in [6, 6.07) is 19.8. The van der Waals surface area contributed by atoms with Gasteiger partial charge in [0.05, 0.1) is 0 Å². The third-order valence-corrected chi connectivity index (χ3v) is 3.07. The van der Waals surface area contributed by atoms with Crippen LogP contribution in [-0.2, 0) is 22.9 Å². The first kappa shape index (κ1) is 15.8. The molecule has 114 valence electrons. The molecule has 0 fully saturated rings. The highest BCUT2D eigenvalue weighted by Crippen LogP contribution is 2.02. The zero-order valence-corrected chi connectivity index (χ0v) is 12.9. The molecule has 0 spiro atoms. The molecule has 0 aliphatic carbocycles. The van der Waals surface area contributed by atoms with Gasteiger partial charge in [-0.3, -0.25) is 0 Å². The molecule has 0 amide bonds. The Bertz CT molecular complexity index is 565. The molecule has 22 heavy (non-hydrogen) atoms. The molecule has 0 radical (unpaired) electrons. The second-order valence-electron chi connectivity index (χ2n) is 4.87. The lowest BCUT2D eigenvalue weighted by Crippen LogP contribution is -2.07. The van der Waals surface area contributed by atoms with Gasteiger partial charge < -0.3 is 9.68 Å². The minimum Gasteiger partial charge on any atom is -0.391 e. The number of hydrogen-bond donors (Lipinski definition) is 0. The Kier molecular flexibility index (Phi) is 6.18. The largest absolute Gasteiger partial charge is 0.391 e. The fourth-order valence-corrected chi connectivity index (χ4v) is 1.69. The molecule has 2 rings (SSSR count). The van der Waals surface area contributed by atoms with Crippen molar-refractivity contribution >= 4 is 11.4 Å². The quantitative estimate of drug-likeness (QED) is 0.568. The molecule has 2 aromatic rings. The smallest absolute Gasteiger partial charge is 0.142 e. The SMILES string of the molecule is CC(=NOCc1ccccc1)C(C)=NOCc1ccccc1. The molecule has 4 heteroatoms. The monoisotopic (exact) mass is 296 g/mol. The van der Waals surface area contributed by atoms with Gasteiger partial charge in [0.25, 0.3) is 0 Å². The van der Waals surface area contributed by atoms with Gasteiger partial charge in [0.15, 0.2) is 0 Å². The van der Waals surface area contributed by atoms with Crippen LogP contribution in [0.2, 0.25) is 0 Å². The molecule has 0 aromatic heterocycles. The van der Waals surface area contributed by atoms with E-state index in [4.69, 9.17) is 9.68 Å². The van der Waals surface area contributed by atoms with Crippen molar-refractivity contribution in [2.45, 2.75) is 27.1 Å². The summed E-state index contributed by atoms with van der Waals surface area (Å²) in [5.74, 6) is 0. The molecule has 2 aromatic carbocycles. The highest BCUT2D eigenvalue weighted by atomic mass is 16.6. The van der Waals surface area contributed by atoms with Crippen molar-refractivity contribution in [3.8, 4) is 0 Å². The standard InChI is InChI=1S/C18H20N2O2/c1-15(19-21-13-17-9-5-3-6-10-17)16(2)20-22-14-18-11-7-4-8-12-18/h3-12H,13-14H2,1-2H3. The first-order chi connectivity index (χ1) is 10.8. The van der Waals surface area contributed by atoms with E-state index in [0.29, 0.717) is 24.6 Å². The van der Waals surface area contributed by atoms with Crippen molar-refractivity contribution in [2.75, 3.05) is 0 Å². The van der Waals surface area contributed by atoms with E-state index >= 15 is 0 Å². The molecule has 0 bridgehead atoms. The number of rotatable bonds is 7. The first-order valence-electron chi connectivity index (χ1n) is 7.17. The lowest BCUT2D eigenvalue weighted by molar-refractivity contribution is 0.127. The van der Waals surface area contributed by atoms with Crippen molar-refractivity contribution in [3.63, 3.8) is 0 Å². The fraction of sp³-hybridized carbons (Fsp3) is 0.222. The van der Waals surface area contributed by atoms with E-state index in [2.05, 4.69) is 10.3 Å². The molecular weight excluding hydrogens is 276 g/mol. The van der Waals surface area contributed by atoms with Gasteiger partial charge in [-0.05, 0) is 25.0 Å². The summed E-state index contributed by atoms with van der Waals surface area (Å²) in [5, 5.41) is 8.10. The lowest BCUT2D eigenvalue weighted by atomic mass is 10.2. The van der Waals surface area contributed by atoms with Crippen LogP contribution in [0.15, 0.2) is 71.0 Å². The van der Waals surface area contributed by atoms with Crippen molar-refractivity contribution in [1.29, 1.82) is 0 Å². The van der Waals surface area contributed by atoms with Crippen LogP contribution in [0.3, 0.4) is 0 Å². The van der Waals surface area contributed by atoms with Crippen molar-refractivity contribution < 1.29 is 9.68 Å². The lowest BCUT2D eigenvalue weighted by Gasteiger charge is -2.03. The van der Waals surface area contributed by atoms with Crippen LogP contribution in [0.25, 0.3) is 0 Å². The first-order valence-corrected chi connectivity index (χ1v) is 7.17. The topological polar surface area (TPSA) is 43.2 Å². The zero-order chi connectivity index (χ0) is 15.6. The number of nitrogens with zero attached hydrogens (tertiary/aromatic N) is 2. The predicted molar refractivity (Wildman–Crippen MR) is 88.7 cm³/mol. The molecule has 0 aliphatic heterocycles. The van der Waals surface area contributed by atoms with Crippen molar-refractivity contribution in [2.24, 2.45) is 10.3 Å². The van der Waals surface area contributed by atoms with Crippen molar-refractivity contribution in [3.05, 3.63) is 71.8 Å². The molecule has 0 atom stereocenters. The highest BCUT2D eigenvalue weighted by molar-refractivity contribution is 6.40. The third-order valence-electron chi connectivity index (χ3n) is 3.07. The van der Waals surface area contributed by atoms with E-state index in [9.17, 15) is 0 Å². The molecule has 0 N–H and O–H groups in total. The predicted octanol–water partition coefficient (Wildman–Crippen LogP) is 4.17. The van der Waals surface area contributed by atoms with Gasteiger partial charge in [-0.15, -0.1) is 0 Å². The van der Waals surface area contributed by atoms with E-state index in [0.717, 1.165) is 11.1 Å². The number of benzene rings is 2. The summed E-state index contributed by atoms with van der Waals surface area (Å²) in [4.78, 5) is 10.6. The van der Waals surface area contributed by atoms with Crippen molar-refractivity contribution in [1.82, 2.24) is 0 Å². The summed E-state index contributed by atoms with van der Waals surface area (Å²) >= 11 is 0. The molecule has 0 saturated carbocycles. The van der Waals surface area contributed by atoms with Crippen LogP contribution in [0.5, 0.6) is 0 Å². The molecule has 0 heterocycles. The molecule has 0 saturated heterocycles. The molecule has 0 aliphatic rings. The summed E-state index contributed by atoms with van der Waals surface area (Å²) in [7, 11) is 0. The molecule has 4 nitrogen and oxygen atoms in total. The Balaban J connectivity index is 1.79. The van der Waals surface area contributed by atoms with E-state index < -0.39 is 0 Å². The van der Waals surface area contributed by atoms with Crippen LogP contribution >= 0.6 is 0 Å². The Hall–Kier alpha value is -2.62. The van der Waals surface area contributed by atoms with Gasteiger partial charge in [0.1, 0.15) is 24.6 Å². The summed E-state index contributed by atoms with van der Waals surface area (Å²) in [5.41, 5.74) is 3.55. The minimum atomic E-state index is 0.441. The number of oxime groups is 2. The van der Waals surface area contributed by atoms with Crippen LogP contribution in [-0.4, -0.2) is 11.4 Å². The normalized spacial score (nSPS) is 12.1. The average molecular weight is 296 g/mol. The zero-order valence-electron chi connectivity index (χ0n) is 12.9. The van der Waals surface area contributed by atoms with Crippen LogP contribution in [0, 0.1) is 0 Å². The fourth-order valence-electron chi connectivity index (χ4n) is 1.69. The van der Waals surface area contributed by atoms with E-state index in [-0.39, 0.29) is 0 Å². The summed E-state index contributed by atoms with van der Waals surface area (Å²) in [6.45, 7) is 4.57. The van der Waals surface area contributed by atoms with Gasteiger partial charge in [0.2, 0.25) is 0 Å². The second-order valence-corrected chi connectivity index (χ2v) is 4.87. The Morgan fingerprint density at radius 1 is 0.682 bits per heavy atom. The van der Waals surface area contributed by atoms with Gasteiger partial charge in [-0.25, -0.2) is 0 Å². The van der Waals surface area contributed by atoms with E-state index in [1.165, 1.54) is 0 Å². The van der Waals surface area contributed by atoms with Gasteiger partial charge in [-0.1, -0.05) is 71.0 Å². The third kappa shape index (κ3) is 5.40. The average Bonchev–Trinajstić information content (AvgIpc) is 2.56. The Morgan fingerprint density at radius 3 is 1.41 bits per heavy atom. The minimum absolute atomic E-state index is 0.441. The molecular formula is C18H20N2O2. The van der Waals surface area contributed by atoms with Crippen LogP contribution in [0.1, 0.15) is 25.0 Å². The van der Waals surface area contributed by atoms with Gasteiger partial charge in [0, 0.05) is 0 Å². The Labute approximate surface area is 131 Å². The van der Waals surface area contributed by atoms with Gasteiger partial charge >= 0.3 is 0 Å². The summed E-state index contributed by atoms with van der Waals surface area (Å²) < 4.78 is 0. The highest BCUT2D eigenvalue weighted by Gasteiger charge is 1.99. The van der Waals surface area contributed by atoms with E-state index in [1.54, 1.807) is 0 Å². The van der Waals surface area contributed by atoms with Crippen LogP contribution < -0.4 is 0 Å². The van der Waals surface area contributed by atoms with Gasteiger partial charge in [-0.2, -0.15) is 0 Å². The Morgan fingerprint density at radius 2 is 1.05 bits per heavy atom. The number of hydrogen-bond acceptors (Lipinski definition) is 4. The second kappa shape index (κ2) is 8.62. The maximum Gasteiger partial charge on any atom is 0.142 e. The summed E-state index contributed by atoms with van der Waals surface area (Å²) in [6.07, 6.45) is 0. The molecule has 0 unspecified atom stereocenters. The maximum absolute atomic E-state index is 5.32. The van der Waals surface area contributed by atoms with E-state index in [1.807, 2.05) is 74.5 Å². The maximum atomic E-state index is 5.32.